The van der Waals surface area contributed by atoms with Crippen molar-refractivity contribution in [3.63, 3.8) is 0 Å². The number of rotatable bonds is 11. The van der Waals surface area contributed by atoms with Crippen molar-refractivity contribution in [1.29, 1.82) is 0 Å². The Labute approximate surface area is 293 Å². The van der Waals surface area contributed by atoms with Gasteiger partial charge in [-0.3, -0.25) is 4.79 Å². The van der Waals surface area contributed by atoms with Crippen LogP contribution >= 0.6 is 34.2 Å². The summed E-state index contributed by atoms with van der Waals surface area (Å²) in [6.07, 6.45) is 4.89. The average Bonchev–Trinajstić information content (AvgIpc) is 3.34. The number of carbonyl (C=O) groups excluding carboxylic acids is 2. The molecule has 8 nitrogen and oxygen atoms in total. The van der Waals surface area contributed by atoms with Gasteiger partial charge in [-0.25, -0.2) is 14.2 Å². The summed E-state index contributed by atoms with van der Waals surface area (Å²) >= 11 is 8.93. The van der Waals surface area contributed by atoms with Crippen molar-refractivity contribution in [3.05, 3.63) is 104 Å². The van der Waals surface area contributed by atoms with Crippen molar-refractivity contribution >= 4 is 68.2 Å². The lowest BCUT2D eigenvalue weighted by molar-refractivity contribution is -0.123. The molecule has 2 aromatic heterocycles. The van der Waals surface area contributed by atoms with E-state index in [0.29, 0.717) is 17.3 Å². The molecule has 11 heteroatoms. The zero-order valence-electron chi connectivity index (χ0n) is 27.4. The van der Waals surface area contributed by atoms with Crippen LogP contribution in [-0.4, -0.2) is 71.2 Å². The van der Waals surface area contributed by atoms with Crippen LogP contribution in [0.1, 0.15) is 50.9 Å². The van der Waals surface area contributed by atoms with E-state index in [0.717, 1.165) is 42.4 Å². The number of likely N-dealkylation sites (N-methyl/N-ethyl adjacent to an activating group) is 1. The summed E-state index contributed by atoms with van der Waals surface area (Å²) in [7, 11) is 3.32. The van der Waals surface area contributed by atoms with E-state index >= 15 is 0 Å². The first kappa shape index (κ1) is 35.9. The average molecular weight is 773 g/mol. The van der Waals surface area contributed by atoms with E-state index in [2.05, 4.69) is 38.6 Å². The monoisotopic (exact) mass is 772 g/mol. The van der Waals surface area contributed by atoms with Gasteiger partial charge in [0, 0.05) is 64.6 Å². The van der Waals surface area contributed by atoms with Gasteiger partial charge in [-0.05, 0) is 85.2 Å². The molecule has 2 amide bonds. The summed E-state index contributed by atoms with van der Waals surface area (Å²) in [5.41, 5.74) is 4.62. The second kappa shape index (κ2) is 15.8. The third-order valence-electron chi connectivity index (χ3n) is 7.12. The van der Waals surface area contributed by atoms with Crippen LogP contribution in [0.25, 0.3) is 22.0 Å². The van der Waals surface area contributed by atoms with Crippen LogP contribution in [0, 0.1) is 9.39 Å². The molecule has 0 saturated heterocycles. The van der Waals surface area contributed by atoms with Crippen molar-refractivity contribution in [2.45, 2.75) is 39.7 Å². The predicted molar refractivity (Wildman–Crippen MR) is 194 cm³/mol. The van der Waals surface area contributed by atoms with Crippen molar-refractivity contribution in [2.24, 2.45) is 0 Å². The Balaban J connectivity index is 1.62. The number of hydrogen-bond acceptors (Lipinski definition) is 5. The fraction of sp³-hybridized carbons (Fsp3) is 0.306. The van der Waals surface area contributed by atoms with Crippen LogP contribution in [0.2, 0.25) is 5.02 Å². The molecular formula is C36H39ClFIN4O4. The second-order valence-corrected chi connectivity index (χ2v) is 13.5. The number of aromatic amines is 1. The van der Waals surface area contributed by atoms with E-state index in [-0.39, 0.29) is 25.6 Å². The number of pyridine rings is 1. The Bertz CT molecular complexity index is 1800. The number of fused-ring (bicyclic) bond motifs is 1. The Morgan fingerprint density at radius 1 is 1.11 bits per heavy atom. The summed E-state index contributed by atoms with van der Waals surface area (Å²) in [6.45, 7) is 7.96. The van der Waals surface area contributed by atoms with Gasteiger partial charge in [-0.1, -0.05) is 48.9 Å². The normalized spacial score (nSPS) is 12.3. The highest BCUT2D eigenvalue weighted by Gasteiger charge is 2.23. The first-order chi connectivity index (χ1) is 22.3. The molecule has 0 unspecified atom stereocenters. The minimum atomic E-state index is -0.680. The fourth-order valence-electron chi connectivity index (χ4n) is 4.87. The number of para-hydroxylation sites is 1. The highest BCUT2D eigenvalue weighted by molar-refractivity contribution is 14.1. The predicted octanol–water partition coefficient (Wildman–Crippen LogP) is 8.59. The van der Waals surface area contributed by atoms with E-state index in [4.69, 9.17) is 21.1 Å². The lowest BCUT2D eigenvalue weighted by atomic mass is 9.91. The van der Waals surface area contributed by atoms with Crippen molar-refractivity contribution in [3.8, 4) is 5.88 Å². The van der Waals surface area contributed by atoms with Crippen LogP contribution in [0.5, 0.6) is 5.88 Å². The molecule has 0 saturated carbocycles. The van der Waals surface area contributed by atoms with Crippen LogP contribution in [0.4, 0.5) is 9.18 Å². The van der Waals surface area contributed by atoms with Gasteiger partial charge < -0.3 is 24.3 Å². The molecule has 1 N–H and O–H groups in total. The Kier molecular flexibility index (Phi) is 12.1. The lowest BCUT2D eigenvalue weighted by Crippen LogP contribution is -2.39. The van der Waals surface area contributed by atoms with E-state index in [1.165, 1.54) is 28.0 Å². The number of hydrogen-bond donors (Lipinski definition) is 1. The lowest BCUT2D eigenvalue weighted by Gasteiger charge is -2.26. The van der Waals surface area contributed by atoms with Gasteiger partial charge in [0.2, 0.25) is 11.8 Å². The van der Waals surface area contributed by atoms with E-state index in [9.17, 15) is 14.0 Å². The quantitative estimate of drug-likeness (QED) is 0.122. The third-order valence-corrected chi connectivity index (χ3v) is 8.55. The van der Waals surface area contributed by atoms with Crippen LogP contribution in [0.3, 0.4) is 0 Å². The van der Waals surface area contributed by atoms with Gasteiger partial charge in [-0.2, -0.15) is 0 Å². The number of aromatic nitrogens is 2. The summed E-state index contributed by atoms with van der Waals surface area (Å²) < 4.78 is 26.6. The molecule has 0 atom stereocenters. The smallest absolute Gasteiger partial charge is 0.410 e. The highest BCUT2D eigenvalue weighted by atomic mass is 127. The van der Waals surface area contributed by atoms with Gasteiger partial charge >= 0.3 is 6.09 Å². The molecular weight excluding hydrogens is 734 g/mol. The number of benzene rings is 2. The Morgan fingerprint density at radius 2 is 1.85 bits per heavy atom. The molecule has 248 valence electrons. The number of halogens is 3. The first-order valence-electron chi connectivity index (χ1n) is 15.2. The second-order valence-electron chi connectivity index (χ2n) is 12.0. The minimum absolute atomic E-state index is 0.148. The molecule has 47 heavy (non-hydrogen) atoms. The van der Waals surface area contributed by atoms with Gasteiger partial charge in [-0.15, -0.1) is 0 Å². The standard InChI is InChI=1S/C36H39ClFIN4O4/c1-7-25(26-16-15-24(38)21-28(26)37)32(34-33(39)27-11-8-9-12-29(27)41-34)23-14-17-30(40-22-23)46-20-19-43(35(45)47-36(2,3)4)18-10-13-31(44)42(5)6/h8-17,21-22,41H,7,18-20H2,1-6H3/b13-10+,32-25+. The van der Waals surface area contributed by atoms with Crippen molar-refractivity contribution in [2.75, 3.05) is 33.8 Å². The summed E-state index contributed by atoms with van der Waals surface area (Å²) in [6, 6.07) is 16.2. The molecule has 0 aliphatic rings. The van der Waals surface area contributed by atoms with Crippen molar-refractivity contribution in [1.82, 2.24) is 19.8 Å². The number of H-pyrrole nitrogens is 1. The molecule has 4 rings (SSSR count). The molecule has 4 aromatic rings. The van der Waals surface area contributed by atoms with Gasteiger partial charge in [0.25, 0.3) is 0 Å². The third kappa shape index (κ3) is 9.35. The van der Waals surface area contributed by atoms with Gasteiger partial charge in [0.15, 0.2) is 0 Å². The van der Waals surface area contributed by atoms with Crippen LogP contribution in [0.15, 0.2) is 72.9 Å². The van der Waals surface area contributed by atoms with E-state index in [1.54, 1.807) is 59.3 Å². The van der Waals surface area contributed by atoms with Crippen molar-refractivity contribution < 1.29 is 23.5 Å². The first-order valence-corrected chi connectivity index (χ1v) is 16.6. The van der Waals surface area contributed by atoms with E-state index < -0.39 is 17.5 Å². The van der Waals surface area contributed by atoms with Crippen LogP contribution < -0.4 is 4.74 Å². The topological polar surface area (TPSA) is 87.8 Å². The summed E-state index contributed by atoms with van der Waals surface area (Å²) in [4.78, 5) is 35.9. The Morgan fingerprint density at radius 3 is 2.47 bits per heavy atom. The Hall–Kier alpha value is -3.90. The minimum Gasteiger partial charge on any atom is -0.476 e. The molecule has 0 aliphatic heterocycles. The van der Waals surface area contributed by atoms with Gasteiger partial charge in [0.1, 0.15) is 18.0 Å². The summed E-state index contributed by atoms with van der Waals surface area (Å²) in [5, 5.41) is 1.42. The molecule has 0 bridgehead atoms. The zero-order chi connectivity index (χ0) is 34.3. The number of nitrogens with zero attached hydrogens (tertiary/aromatic N) is 3. The molecule has 0 spiro atoms. The summed E-state index contributed by atoms with van der Waals surface area (Å²) in [5.74, 6) is -0.208. The maximum Gasteiger partial charge on any atom is 0.410 e. The zero-order valence-corrected chi connectivity index (χ0v) is 30.3. The molecule has 0 radical (unpaired) electrons. The maximum absolute atomic E-state index is 14.0. The molecule has 2 aromatic carbocycles. The number of amides is 2. The molecule has 0 aliphatic carbocycles. The number of nitrogens with one attached hydrogen (secondary N) is 1. The number of carbonyl (C=O) groups is 2. The number of ether oxygens (including phenoxy) is 2. The maximum atomic E-state index is 14.0. The number of allylic oxidation sites excluding steroid dienone is 1. The fourth-order valence-corrected chi connectivity index (χ4v) is 6.03. The molecule has 0 fully saturated rings. The molecule has 2 heterocycles. The largest absolute Gasteiger partial charge is 0.476 e. The van der Waals surface area contributed by atoms with E-state index in [1.807, 2.05) is 31.2 Å². The van der Waals surface area contributed by atoms with Gasteiger partial charge in [0.05, 0.1) is 17.3 Å². The van der Waals surface area contributed by atoms with Crippen LogP contribution in [-0.2, 0) is 9.53 Å². The SMILES string of the molecule is CC/C(=C(/c1ccc(OCCN(C/C=C/C(=O)N(C)C)C(=O)OC(C)(C)C)nc1)c1[nH]c2ccccc2c1I)c1ccc(F)cc1Cl. The highest BCUT2D eigenvalue weighted by Crippen LogP contribution is 2.40.